The van der Waals surface area contributed by atoms with Gasteiger partial charge in [-0.2, -0.15) is 0 Å². The third kappa shape index (κ3) is 3.01. The van der Waals surface area contributed by atoms with Crippen LogP contribution in [-0.2, 0) is 6.42 Å². The van der Waals surface area contributed by atoms with Gasteiger partial charge in [-0.15, -0.1) is 0 Å². The van der Waals surface area contributed by atoms with E-state index >= 15 is 0 Å². The Labute approximate surface area is 131 Å². The number of rotatable bonds is 3. The zero-order valence-corrected chi connectivity index (χ0v) is 13.2. The van der Waals surface area contributed by atoms with Crippen molar-refractivity contribution in [1.29, 1.82) is 0 Å². The van der Waals surface area contributed by atoms with Crippen molar-refractivity contribution in [2.75, 3.05) is 12.4 Å². The predicted molar refractivity (Wildman–Crippen MR) is 88.5 cm³/mol. The summed E-state index contributed by atoms with van der Waals surface area (Å²) in [5, 5.41) is 4.43. The zero-order valence-electron chi connectivity index (χ0n) is 12.4. The van der Waals surface area contributed by atoms with Crippen LogP contribution in [0.1, 0.15) is 35.6 Å². The highest BCUT2D eigenvalue weighted by molar-refractivity contribution is 6.30. The molecule has 0 fully saturated rings. The highest BCUT2D eigenvalue weighted by atomic mass is 35.5. The normalized spacial score (nSPS) is 17.2. The van der Waals surface area contributed by atoms with E-state index in [4.69, 9.17) is 16.3 Å². The van der Waals surface area contributed by atoms with E-state index in [1.807, 2.05) is 18.2 Å². The van der Waals surface area contributed by atoms with E-state index in [1.165, 1.54) is 23.1 Å². The third-order valence-corrected chi connectivity index (χ3v) is 4.43. The maximum absolute atomic E-state index is 6.12. The SMILES string of the molecule is COc1ccc2c(c1)CCCC2Nc1cc(Cl)ccc1C. The lowest BCUT2D eigenvalue weighted by atomic mass is 9.87. The third-order valence-electron chi connectivity index (χ3n) is 4.19. The minimum atomic E-state index is 0.344. The Morgan fingerprint density at radius 3 is 2.86 bits per heavy atom. The summed E-state index contributed by atoms with van der Waals surface area (Å²) in [7, 11) is 1.72. The summed E-state index contributed by atoms with van der Waals surface area (Å²) in [6.07, 6.45) is 3.46. The van der Waals surface area contributed by atoms with Gasteiger partial charge in [-0.25, -0.2) is 0 Å². The van der Waals surface area contributed by atoms with Gasteiger partial charge in [-0.1, -0.05) is 23.7 Å². The van der Waals surface area contributed by atoms with Gasteiger partial charge < -0.3 is 10.1 Å². The molecule has 110 valence electrons. The van der Waals surface area contributed by atoms with Crippen LogP contribution < -0.4 is 10.1 Å². The summed E-state index contributed by atoms with van der Waals surface area (Å²) >= 11 is 6.12. The molecule has 0 aliphatic heterocycles. The van der Waals surface area contributed by atoms with E-state index in [2.05, 4.69) is 30.4 Å². The van der Waals surface area contributed by atoms with Gasteiger partial charge in [0.2, 0.25) is 0 Å². The molecule has 2 nitrogen and oxygen atoms in total. The van der Waals surface area contributed by atoms with Gasteiger partial charge in [-0.05, 0) is 67.1 Å². The van der Waals surface area contributed by atoms with Gasteiger partial charge in [0.05, 0.1) is 13.2 Å². The first kappa shape index (κ1) is 14.3. The molecule has 0 spiro atoms. The quantitative estimate of drug-likeness (QED) is 0.847. The maximum atomic E-state index is 6.12. The van der Waals surface area contributed by atoms with Gasteiger partial charge in [-0.3, -0.25) is 0 Å². The van der Waals surface area contributed by atoms with E-state index in [0.29, 0.717) is 6.04 Å². The first-order valence-corrected chi connectivity index (χ1v) is 7.74. The van der Waals surface area contributed by atoms with Crippen LogP contribution in [0.2, 0.25) is 5.02 Å². The van der Waals surface area contributed by atoms with Crippen molar-refractivity contribution in [3.05, 3.63) is 58.1 Å². The van der Waals surface area contributed by atoms with E-state index in [1.54, 1.807) is 7.11 Å². The van der Waals surface area contributed by atoms with Gasteiger partial charge in [0.1, 0.15) is 5.75 Å². The number of hydrogen-bond donors (Lipinski definition) is 1. The molecule has 21 heavy (non-hydrogen) atoms. The summed E-state index contributed by atoms with van der Waals surface area (Å²) in [4.78, 5) is 0. The van der Waals surface area contributed by atoms with E-state index in [9.17, 15) is 0 Å². The van der Waals surface area contributed by atoms with Gasteiger partial charge in [0, 0.05) is 10.7 Å². The van der Waals surface area contributed by atoms with Crippen molar-refractivity contribution in [3.63, 3.8) is 0 Å². The molecule has 1 aliphatic carbocycles. The molecule has 0 aromatic heterocycles. The Kier molecular flexibility index (Phi) is 4.07. The van der Waals surface area contributed by atoms with Crippen LogP contribution in [0.15, 0.2) is 36.4 Å². The van der Waals surface area contributed by atoms with Gasteiger partial charge >= 0.3 is 0 Å². The number of fused-ring (bicyclic) bond motifs is 1. The number of methoxy groups -OCH3 is 1. The average molecular weight is 302 g/mol. The Hall–Kier alpha value is -1.67. The topological polar surface area (TPSA) is 21.3 Å². The second-order valence-corrected chi connectivity index (χ2v) is 6.05. The molecule has 1 atom stereocenters. The smallest absolute Gasteiger partial charge is 0.119 e. The standard InChI is InChI=1S/C18H20ClNO/c1-12-6-7-14(19)11-18(12)20-17-5-3-4-13-10-15(21-2)8-9-16(13)17/h6-11,17,20H,3-5H2,1-2H3. The summed E-state index contributed by atoms with van der Waals surface area (Å²) in [5.41, 5.74) is 5.11. The molecule has 0 saturated carbocycles. The first-order chi connectivity index (χ1) is 10.2. The second-order valence-electron chi connectivity index (χ2n) is 5.61. The van der Waals surface area contributed by atoms with Crippen LogP contribution in [0.25, 0.3) is 0 Å². The van der Waals surface area contributed by atoms with Gasteiger partial charge in [0.15, 0.2) is 0 Å². The molecule has 1 N–H and O–H groups in total. The van der Waals surface area contributed by atoms with Crippen LogP contribution in [0.5, 0.6) is 5.75 Å². The zero-order chi connectivity index (χ0) is 14.8. The fourth-order valence-electron chi connectivity index (χ4n) is 3.01. The van der Waals surface area contributed by atoms with Crippen molar-refractivity contribution in [2.24, 2.45) is 0 Å². The van der Waals surface area contributed by atoms with Crippen LogP contribution in [0.4, 0.5) is 5.69 Å². The Morgan fingerprint density at radius 1 is 1.19 bits per heavy atom. The molecular formula is C18H20ClNO. The minimum absolute atomic E-state index is 0.344. The summed E-state index contributed by atoms with van der Waals surface area (Å²) < 4.78 is 5.33. The summed E-state index contributed by atoms with van der Waals surface area (Å²) in [6.45, 7) is 2.11. The molecule has 0 amide bonds. The van der Waals surface area contributed by atoms with Crippen molar-refractivity contribution in [1.82, 2.24) is 0 Å². The molecule has 0 saturated heterocycles. The Balaban J connectivity index is 1.90. The molecule has 3 rings (SSSR count). The number of halogens is 1. The van der Waals surface area contributed by atoms with Crippen molar-refractivity contribution < 1.29 is 4.74 Å². The molecule has 0 heterocycles. The van der Waals surface area contributed by atoms with Crippen molar-refractivity contribution >= 4 is 17.3 Å². The monoisotopic (exact) mass is 301 g/mol. The van der Waals surface area contributed by atoms with E-state index < -0.39 is 0 Å². The lowest BCUT2D eigenvalue weighted by Gasteiger charge is -2.28. The van der Waals surface area contributed by atoms with Crippen LogP contribution >= 0.6 is 11.6 Å². The number of nitrogens with one attached hydrogen (secondary N) is 1. The first-order valence-electron chi connectivity index (χ1n) is 7.37. The minimum Gasteiger partial charge on any atom is -0.497 e. The summed E-state index contributed by atoms with van der Waals surface area (Å²) in [5.74, 6) is 0.938. The van der Waals surface area contributed by atoms with Crippen LogP contribution in [0.3, 0.4) is 0 Å². The molecule has 2 aromatic carbocycles. The van der Waals surface area contributed by atoms with Crippen LogP contribution in [0, 0.1) is 6.92 Å². The fourth-order valence-corrected chi connectivity index (χ4v) is 3.18. The second kappa shape index (κ2) is 5.98. The molecule has 0 radical (unpaired) electrons. The van der Waals surface area contributed by atoms with E-state index in [0.717, 1.165) is 29.3 Å². The van der Waals surface area contributed by atoms with Gasteiger partial charge in [0.25, 0.3) is 0 Å². The molecule has 3 heteroatoms. The largest absolute Gasteiger partial charge is 0.497 e. The lowest BCUT2D eigenvalue weighted by molar-refractivity contribution is 0.413. The molecular weight excluding hydrogens is 282 g/mol. The van der Waals surface area contributed by atoms with Crippen molar-refractivity contribution in [3.8, 4) is 5.75 Å². The molecule has 1 unspecified atom stereocenters. The number of aryl methyl sites for hydroxylation is 2. The van der Waals surface area contributed by atoms with Crippen LogP contribution in [-0.4, -0.2) is 7.11 Å². The van der Waals surface area contributed by atoms with E-state index in [-0.39, 0.29) is 0 Å². The number of hydrogen-bond acceptors (Lipinski definition) is 2. The molecule has 0 bridgehead atoms. The Morgan fingerprint density at radius 2 is 2.05 bits per heavy atom. The van der Waals surface area contributed by atoms with Crippen molar-refractivity contribution in [2.45, 2.75) is 32.2 Å². The highest BCUT2D eigenvalue weighted by Gasteiger charge is 2.21. The Bertz CT molecular complexity index is 654. The predicted octanol–water partition coefficient (Wildman–Crippen LogP) is 5.15. The average Bonchev–Trinajstić information content (AvgIpc) is 2.50. The summed E-state index contributed by atoms with van der Waals surface area (Å²) in [6, 6.07) is 12.7. The number of ether oxygens (including phenoxy) is 1. The maximum Gasteiger partial charge on any atom is 0.119 e. The highest BCUT2D eigenvalue weighted by Crippen LogP contribution is 2.35. The number of benzene rings is 2. The fraction of sp³-hybridized carbons (Fsp3) is 0.333. The lowest BCUT2D eigenvalue weighted by Crippen LogP contribution is -2.17. The number of anilines is 1. The molecule has 2 aromatic rings. The molecule has 1 aliphatic rings.